The van der Waals surface area contributed by atoms with Crippen molar-refractivity contribution in [3.05, 3.63) is 45.4 Å². The first-order valence-corrected chi connectivity index (χ1v) is 9.55. The van der Waals surface area contributed by atoms with Gasteiger partial charge in [0.25, 0.3) is 5.56 Å². The molecule has 0 spiro atoms. The summed E-state index contributed by atoms with van der Waals surface area (Å²) in [7, 11) is -6.37. The first kappa shape index (κ1) is 21.0. The quantitative estimate of drug-likeness (QED) is 0.307. The highest BCUT2D eigenvalue weighted by molar-refractivity contribution is 7.88. The number of aromatic nitrogens is 1. The standard InChI is InChI=1S/C16H12F5NO6S/c1-2-27-15(24)9-5-8(7-3-4-7)12-13(28-29(25,26)16(19,20)21)11(18)10(17)6-22(12)14(9)23/h5-7H,2-4H2,1H3. The summed E-state index contributed by atoms with van der Waals surface area (Å²) < 4.78 is 98.1. The Morgan fingerprint density at radius 2 is 1.90 bits per heavy atom. The van der Waals surface area contributed by atoms with Gasteiger partial charge in [0.1, 0.15) is 5.56 Å². The van der Waals surface area contributed by atoms with Crippen LogP contribution in [0.15, 0.2) is 17.1 Å². The minimum Gasteiger partial charge on any atom is -0.462 e. The number of carbonyl (C=O) groups is 1. The second-order valence-corrected chi connectivity index (χ2v) is 7.67. The Kier molecular flexibility index (Phi) is 5.05. The molecule has 2 heterocycles. The van der Waals surface area contributed by atoms with Crippen LogP contribution < -0.4 is 9.74 Å². The summed E-state index contributed by atoms with van der Waals surface area (Å²) in [4.78, 5) is 24.6. The van der Waals surface area contributed by atoms with Crippen LogP contribution in [0.2, 0.25) is 0 Å². The van der Waals surface area contributed by atoms with Gasteiger partial charge in [0.2, 0.25) is 11.6 Å². The van der Waals surface area contributed by atoms with Crippen molar-refractivity contribution in [1.29, 1.82) is 0 Å². The molecule has 13 heteroatoms. The fraction of sp³-hybridized carbons (Fsp3) is 0.375. The van der Waals surface area contributed by atoms with E-state index in [1.165, 1.54) is 6.92 Å². The van der Waals surface area contributed by atoms with Gasteiger partial charge in [0.15, 0.2) is 5.82 Å². The zero-order chi connectivity index (χ0) is 21.7. The molecule has 7 nitrogen and oxygen atoms in total. The molecule has 1 saturated carbocycles. The Bertz CT molecular complexity index is 1170. The van der Waals surface area contributed by atoms with Crippen molar-refractivity contribution in [2.24, 2.45) is 0 Å². The molecule has 0 unspecified atom stereocenters. The van der Waals surface area contributed by atoms with E-state index in [2.05, 4.69) is 4.18 Å². The number of esters is 1. The van der Waals surface area contributed by atoms with Crippen molar-refractivity contribution in [1.82, 2.24) is 4.40 Å². The smallest absolute Gasteiger partial charge is 0.462 e. The van der Waals surface area contributed by atoms with Gasteiger partial charge in [-0.2, -0.15) is 26.0 Å². The maximum absolute atomic E-state index is 14.3. The average molecular weight is 441 g/mol. The monoisotopic (exact) mass is 441 g/mol. The molecular weight excluding hydrogens is 429 g/mol. The molecule has 29 heavy (non-hydrogen) atoms. The van der Waals surface area contributed by atoms with Crippen LogP contribution in [0.4, 0.5) is 22.0 Å². The largest absolute Gasteiger partial charge is 0.534 e. The summed E-state index contributed by atoms with van der Waals surface area (Å²) in [5.41, 5.74) is -8.48. The van der Waals surface area contributed by atoms with E-state index in [4.69, 9.17) is 4.74 Å². The number of pyridine rings is 2. The first-order chi connectivity index (χ1) is 13.4. The normalized spacial score (nSPS) is 14.8. The summed E-state index contributed by atoms with van der Waals surface area (Å²) in [6, 6.07) is 0.970. The second kappa shape index (κ2) is 6.97. The fourth-order valence-electron chi connectivity index (χ4n) is 2.70. The number of rotatable bonds is 5. The van der Waals surface area contributed by atoms with Crippen molar-refractivity contribution in [3.63, 3.8) is 0 Å². The Hall–Kier alpha value is -2.70. The average Bonchev–Trinajstić information content (AvgIpc) is 3.44. The van der Waals surface area contributed by atoms with Crippen LogP contribution in [0.5, 0.6) is 5.75 Å². The van der Waals surface area contributed by atoms with Crippen LogP contribution in [0.25, 0.3) is 5.52 Å². The topological polar surface area (TPSA) is 91.2 Å². The molecule has 1 fully saturated rings. The number of ether oxygens (including phenoxy) is 1. The Morgan fingerprint density at radius 1 is 1.28 bits per heavy atom. The lowest BCUT2D eigenvalue weighted by Crippen LogP contribution is -2.30. The summed E-state index contributed by atoms with van der Waals surface area (Å²) in [6.45, 7) is 1.36. The van der Waals surface area contributed by atoms with E-state index in [1.54, 1.807) is 0 Å². The molecule has 0 aliphatic heterocycles. The third kappa shape index (κ3) is 3.66. The maximum Gasteiger partial charge on any atom is 0.534 e. The van der Waals surface area contributed by atoms with Crippen LogP contribution >= 0.6 is 0 Å². The molecule has 2 aromatic heterocycles. The lowest BCUT2D eigenvalue weighted by atomic mass is 10.1. The number of halogens is 5. The summed E-state index contributed by atoms with van der Waals surface area (Å²) in [5, 5.41) is 0. The molecule has 1 aliphatic carbocycles. The number of hydrogen-bond donors (Lipinski definition) is 0. The van der Waals surface area contributed by atoms with Crippen LogP contribution in [0.3, 0.4) is 0 Å². The van der Waals surface area contributed by atoms with E-state index in [0.29, 0.717) is 23.4 Å². The zero-order valence-electron chi connectivity index (χ0n) is 14.5. The van der Waals surface area contributed by atoms with E-state index in [1.807, 2.05) is 0 Å². The molecule has 0 amide bonds. The first-order valence-electron chi connectivity index (χ1n) is 8.14. The van der Waals surface area contributed by atoms with E-state index >= 15 is 0 Å². The number of fused-ring (bicyclic) bond motifs is 1. The van der Waals surface area contributed by atoms with Gasteiger partial charge in [0, 0.05) is 0 Å². The summed E-state index contributed by atoms with van der Waals surface area (Å²) >= 11 is 0. The van der Waals surface area contributed by atoms with Crippen LogP contribution in [-0.4, -0.2) is 30.9 Å². The Labute approximate surface area is 159 Å². The van der Waals surface area contributed by atoms with Crippen molar-refractivity contribution in [2.75, 3.05) is 6.61 Å². The van der Waals surface area contributed by atoms with Gasteiger partial charge in [-0.3, -0.25) is 9.20 Å². The third-order valence-corrected chi connectivity index (χ3v) is 5.07. The summed E-state index contributed by atoms with van der Waals surface area (Å²) in [5.74, 6) is -7.00. The lowest BCUT2D eigenvalue weighted by Gasteiger charge is -2.16. The van der Waals surface area contributed by atoms with Gasteiger partial charge in [-0.25, -0.2) is 9.18 Å². The van der Waals surface area contributed by atoms with Gasteiger partial charge in [-0.1, -0.05) is 0 Å². The molecule has 158 valence electrons. The van der Waals surface area contributed by atoms with Crippen LogP contribution in [-0.2, 0) is 14.9 Å². The highest BCUT2D eigenvalue weighted by Gasteiger charge is 2.49. The Morgan fingerprint density at radius 3 is 2.41 bits per heavy atom. The molecule has 0 bridgehead atoms. The van der Waals surface area contributed by atoms with E-state index < -0.39 is 61.5 Å². The molecule has 1 aliphatic rings. The fourth-order valence-corrected chi connectivity index (χ4v) is 3.16. The molecule has 0 radical (unpaired) electrons. The number of alkyl halides is 3. The maximum atomic E-state index is 14.3. The molecule has 0 aromatic carbocycles. The number of hydrogen-bond acceptors (Lipinski definition) is 6. The van der Waals surface area contributed by atoms with E-state index in [0.717, 1.165) is 6.07 Å². The van der Waals surface area contributed by atoms with Gasteiger partial charge < -0.3 is 8.92 Å². The van der Waals surface area contributed by atoms with Gasteiger partial charge in [-0.05, 0) is 37.3 Å². The van der Waals surface area contributed by atoms with Crippen molar-refractivity contribution in [2.45, 2.75) is 31.2 Å². The molecular formula is C16H12F5NO6S. The van der Waals surface area contributed by atoms with Crippen LogP contribution in [0, 0.1) is 11.6 Å². The van der Waals surface area contributed by atoms with Crippen molar-refractivity contribution >= 4 is 21.6 Å². The van der Waals surface area contributed by atoms with Gasteiger partial charge in [-0.15, -0.1) is 0 Å². The van der Waals surface area contributed by atoms with Crippen LogP contribution in [0.1, 0.15) is 41.6 Å². The minimum atomic E-state index is -6.37. The van der Waals surface area contributed by atoms with Crippen molar-refractivity contribution in [3.8, 4) is 5.75 Å². The molecule has 0 atom stereocenters. The van der Waals surface area contributed by atoms with E-state index in [-0.39, 0.29) is 12.2 Å². The molecule has 2 aromatic rings. The SMILES string of the molecule is CCOC(=O)c1cc(C2CC2)c2c(OS(=O)(=O)C(F)(F)F)c(F)c(F)cn2c1=O. The summed E-state index contributed by atoms with van der Waals surface area (Å²) in [6.07, 6.45) is 1.22. The van der Waals surface area contributed by atoms with Gasteiger partial charge >= 0.3 is 21.6 Å². The predicted octanol–water partition coefficient (Wildman–Crippen LogP) is 2.86. The second-order valence-electron chi connectivity index (χ2n) is 6.14. The molecule has 3 rings (SSSR count). The number of nitrogens with zero attached hydrogens (tertiary/aromatic N) is 1. The zero-order valence-corrected chi connectivity index (χ0v) is 15.4. The lowest BCUT2D eigenvalue weighted by molar-refractivity contribution is -0.0500. The van der Waals surface area contributed by atoms with Gasteiger partial charge in [0.05, 0.1) is 18.3 Å². The number of carbonyl (C=O) groups excluding carboxylic acids is 1. The highest BCUT2D eigenvalue weighted by atomic mass is 32.2. The Balaban J connectivity index is 2.38. The molecule has 0 saturated heterocycles. The van der Waals surface area contributed by atoms with Crippen molar-refractivity contribution < 1.29 is 44.1 Å². The minimum absolute atomic E-state index is 0.0427. The predicted molar refractivity (Wildman–Crippen MR) is 87.1 cm³/mol. The highest BCUT2D eigenvalue weighted by Crippen LogP contribution is 2.45. The van der Waals surface area contributed by atoms with E-state index in [9.17, 15) is 40.0 Å². The third-order valence-electron chi connectivity index (χ3n) is 4.12. The molecule has 0 N–H and O–H groups in total.